The van der Waals surface area contributed by atoms with E-state index in [1.807, 2.05) is 47.6 Å². The van der Waals surface area contributed by atoms with Crippen LogP contribution in [0.25, 0.3) is 38.7 Å². The quantitative estimate of drug-likeness (QED) is 0.103. The summed E-state index contributed by atoms with van der Waals surface area (Å²) in [4.78, 5) is 65.4. The van der Waals surface area contributed by atoms with E-state index in [1.165, 1.54) is 40.2 Å². The third-order valence-corrected chi connectivity index (χ3v) is 14.5. The Morgan fingerprint density at radius 1 is 0.930 bits per heavy atom. The second-order valence-corrected chi connectivity index (χ2v) is 20.8. The molecule has 0 aliphatic carbocycles. The van der Waals surface area contributed by atoms with Crippen molar-refractivity contribution < 1.29 is 52.6 Å². The summed E-state index contributed by atoms with van der Waals surface area (Å²) in [6, 6.07) is 3.20. The van der Waals surface area contributed by atoms with Crippen LogP contribution in [-0.2, 0) is 33.3 Å². The number of hydrogen-bond acceptors (Lipinski definition) is 16. The molecule has 5 aliphatic rings. The number of aromatic hydroxyl groups is 1. The van der Waals surface area contributed by atoms with Crippen molar-refractivity contribution in [3.05, 3.63) is 79.5 Å². The molecule has 2 fully saturated rings. The van der Waals surface area contributed by atoms with E-state index in [9.17, 15) is 24.6 Å². The van der Waals surface area contributed by atoms with Crippen LogP contribution in [0.1, 0.15) is 81.7 Å². The molecule has 382 valence electrons. The number of allylic oxidation sites excluding steroid dienone is 2. The second kappa shape index (κ2) is 19.5. The van der Waals surface area contributed by atoms with E-state index in [0.29, 0.717) is 24.7 Å². The normalized spacial score (nSPS) is 30.3. The lowest BCUT2D eigenvalue weighted by molar-refractivity contribution is -0.336. The van der Waals surface area contributed by atoms with E-state index in [2.05, 4.69) is 29.0 Å². The predicted octanol–water partition coefficient (Wildman–Crippen LogP) is 7.14. The molecule has 9 rings (SSSR count). The van der Waals surface area contributed by atoms with E-state index in [0.717, 1.165) is 19.6 Å². The second-order valence-electron chi connectivity index (χ2n) is 20.8. The molecule has 4 aromatic rings. The summed E-state index contributed by atoms with van der Waals surface area (Å²) in [6.45, 7) is 25.8. The van der Waals surface area contributed by atoms with Gasteiger partial charge in [-0.2, -0.15) is 0 Å². The number of fused-ring (bicyclic) bond motifs is 10. The maximum Gasteiger partial charge on any atom is 0.307 e. The molecule has 3 aromatic carbocycles. The third-order valence-electron chi connectivity index (χ3n) is 14.5. The highest BCUT2D eigenvalue weighted by molar-refractivity contribution is 6.16. The van der Waals surface area contributed by atoms with Crippen LogP contribution in [0.15, 0.2) is 62.3 Å². The SMILES string of the molecule is COC1/C=C/OC2(C)Oc3c(C)c(O)c4c(=O)c(c5oc6cc(N7CCN(CC(C)C)CC7)cc(=O)c6nc5c4c3=C2O)NC(=O)/C(C)=C\C=C\C(C)C2OC(C)(C)OC(C2C)C(C)C(OC(C)=O)C1C. The Morgan fingerprint density at radius 2 is 1.62 bits per heavy atom. The first-order valence-electron chi connectivity index (χ1n) is 24.6. The zero-order valence-corrected chi connectivity index (χ0v) is 43.0. The Bertz CT molecular complexity index is 3040. The number of ether oxygens (including phenoxy) is 6. The number of methoxy groups -OCH3 is 1. The number of phenolic OH excluding ortho intramolecular Hbond substituents is 1. The summed E-state index contributed by atoms with van der Waals surface area (Å²) in [6.07, 6.45) is 5.98. The number of anilines is 2. The summed E-state index contributed by atoms with van der Waals surface area (Å²) < 4.78 is 44.4. The highest BCUT2D eigenvalue weighted by Crippen LogP contribution is 2.44. The predicted molar refractivity (Wildman–Crippen MR) is 270 cm³/mol. The van der Waals surface area contributed by atoms with Crippen LogP contribution in [0.2, 0.25) is 0 Å². The number of aromatic nitrogens is 1. The number of nitrogens with zero attached hydrogens (tertiary/aromatic N) is 3. The van der Waals surface area contributed by atoms with Gasteiger partial charge >= 0.3 is 11.8 Å². The molecule has 2 saturated heterocycles. The summed E-state index contributed by atoms with van der Waals surface area (Å²) in [5, 5.41) is 26.6. The molecular weight excluding hydrogens is 913 g/mol. The van der Waals surface area contributed by atoms with Crippen molar-refractivity contribution in [1.29, 1.82) is 0 Å². The van der Waals surface area contributed by atoms with Gasteiger partial charge in [0.15, 0.2) is 28.2 Å². The fraction of sp³-hybridized carbons (Fsp3) is 0.537. The highest BCUT2D eigenvalue weighted by atomic mass is 16.7. The van der Waals surface area contributed by atoms with Gasteiger partial charge in [0.1, 0.15) is 28.8 Å². The average molecular weight is 981 g/mol. The van der Waals surface area contributed by atoms with Crippen molar-refractivity contribution in [2.24, 2.45) is 29.6 Å². The summed E-state index contributed by atoms with van der Waals surface area (Å²) in [5.41, 5.74) is -1.02. The van der Waals surface area contributed by atoms with Crippen molar-refractivity contribution in [2.45, 2.75) is 119 Å². The highest BCUT2D eigenvalue weighted by Gasteiger charge is 2.49. The number of rotatable bonds is 5. The van der Waals surface area contributed by atoms with Crippen LogP contribution in [0, 0.1) is 36.5 Å². The van der Waals surface area contributed by atoms with E-state index < -0.39 is 70.0 Å². The molecule has 9 atom stereocenters. The minimum Gasteiger partial charge on any atom is -0.507 e. The molecule has 6 heterocycles. The van der Waals surface area contributed by atoms with Gasteiger partial charge in [-0.15, -0.1) is 0 Å². The molecule has 5 aliphatic heterocycles. The van der Waals surface area contributed by atoms with E-state index in [-0.39, 0.29) is 84.6 Å². The first-order valence-corrected chi connectivity index (χ1v) is 24.6. The molecule has 17 nitrogen and oxygen atoms in total. The Hall–Kier alpha value is -6.01. The van der Waals surface area contributed by atoms with E-state index in [4.69, 9.17) is 37.8 Å². The lowest BCUT2D eigenvalue weighted by atomic mass is 9.77. The van der Waals surface area contributed by atoms with Crippen LogP contribution in [-0.4, -0.2) is 108 Å². The average Bonchev–Trinajstić information content (AvgIpc) is 3.57. The first-order chi connectivity index (χ1) is 33.4. The summed E-state index contributed by atoms with van der Waals surface area (Å²) in [5.74, 6) is -5.85. The number of benzene rings is 3. The summed E-state index contributed by atoms with van der Waals surface area (Å²) in [7, 11) is 1.52. The molecule has 1 amide bonds. The Kier molecular flexibility index (Phi) is 14.1. The van der Waals surface area contributed by atoms with Crippen LogP contribution in [0.3, 0.4) is 0 Å². The third kappa shape index (κ3) is 9.61. The van der Waals surface area contributed by atoms with Gasteiger partial charge in [-0.3, -0.25) is 24.1 Å². The molecule has 3 N–H and O–H groups in total. The standard InChI is InChI=1S/C54H68N4O13/c1-26(2)25-57-18-20-58(21-19-57)34-23-35(60)41-37(24-34)68-50-42(55-41)38-39-44(61)30(6)49-40(38)51(63)54(12,71-49)66-22-17-36(65-13)29(5)47(67-33(9)59)32(8)48-31(7)46(69-53(10,11)70-48)27(3)15-14-16-28(4)52(64)56-43(50)45(39)62/h14-17,22-24,26-27,29,31-32,36,46-48,61,63H,18-21,25H2,1-13H3,(H,56,64)/b15-14+,22-17+,28-16-. The smallest absolute Gasteiger partial charge is 0.307 e. The molecular formula is C54H68N4O13. The van der Waals surface area contributed by atoms with Crippen LogP contribution < -0.4 is 31.0 Å². The Morgan fingerprint density at radius 3 is 2.28 bits per heavy atom. The Labute approximate surface area is 413 Å². The number of hydrogen-bond donors (Lipinski definition) is 3. The number of phenols is 1. The topological polar surface area (TPSA) is 209 Å². The monoisotopic (exact) mass is 980 g/mol. The van der Waals surface area contributed by atoms with Gasteiger partial charge in [0.05, 0.1) is 35.2 Å². The number of carbonyl (C=O) groups is 2. The maximum atomic E-state index is 15.0. The lowest BCUT2D eigenvalue weighted by Gasteiger charge is -2.50. The van der Waals surface area contributed by atoms with Gasteiger partial charge in [-0.1, -0.05) is 59.8 Å². The molecule has 9 unspecified atom stereocenters. The van der Waals surface area contributed by atoms with Crippen molar-refractivity contribution in [3.8, 4) is 11.5 Å². The lowest BCUT2D eigenvalue weighted by Crippen LogP contribution is -2.56. The van der Waals surface area contributed by atoms with Crippen molar-refractivity contribution in [2.75, 3.05) is 50.1 Å². The number of piperazine rings is 1. The number of aliphatic hydroxyl groups is 1. The summed E-state index contributed by atoms with van der Waals surface area (Å²) >= 11 is 0. The van der Waals surface area contributed by atoms with Crippen molar-refractivity contribution in [3.63, 3.8) is 0 Å². The van der Waals surface area contributed by atoms with Crippen molar-refractivity contribution in [1.82, 2.24) is 9.88 Å². The minimum absolute atomic E-state index is 0.0189. The first kappa shape index (κ1) is 51.3. The molecule has 71 heavy (non-hydrogen) atoms. The van der Waals surface area contributed by atoms with Gasteiger partial charge in [0.2, 0.25) is 10.9 Å². The molecule has 7 bridgehead atoms. The molecule has 17 heteroatoms. The van der Waals surface area contributed by atoms with Crippen molar-refractivity contribution >= 4 is 62.0 Å². The van der Waals surface area contributed by atoms with E-state index in [1.54, 1.807) is 31.2 Å². The fourth-order valence-corrected chi connectivity index (χ4v) is 10.8. The van der Waals surface area contributed by atoms with Gasteiger partial charge in [-0.05, 0) is 39.7 Å². The zero-order chi connectivity index (χ0) is 51.6. The van der Waals surface area contributed by atoms with Crippen LogP contribution >= 0.6 is 0 Å². The minimum atomic E-state index is -1.95. The number of amides is 1. The fourth-order valence-electron chi connectivity index (χ4n) is 10.8. The molecule has 0 saturated carbocycles. The van der Waals surface area contributed by atoms with Crippen LogP contribution in [0.4, 0.5) is 11.4 Å². The maximum absolute atomic E-state index is 15.0. The molecule has 0 radical (unpaired) electrons. The largest absolute Gasteiger partial charge is 0.507 e. The van der Waals surface area contributed by atoms with E-state index >= 15 is 4.79 Å². The number of carbonyl (C=O) groups excluding carboxylic acids is 2. The number of esters is 1. The molecule has 0 spiro atoms. The van der Waals surface area contributed by atoms with Gasteiger partial charge in [0, 0.05) is 112 Å². The number of nitrogens with one attached hydrogen (secondary N) is 1. The zero-order valence-electron chi connectivity index (χ0n) is 43.0. The Balaban J connectivity index is 1.33. The number of aliphatic hydroxyl groups excluding tert-OH is 1. The van der Waals surface area contributed by atoms with Gasteiger partial charge < -0.3 is 53.3 Å². The van der Waals surface area contributed by atoms with Gasteiger partial charge in [-0.25, -0.2) is 4.98 Å². The van der Waals surface area contributed by atoms with Gasteiger partial charge in [0.25, 0.3) is 5.91 Å². The van der Waals surface area contributed by atoms with Crippen LogP contribution in [0.5, 0.6) is 11.5 Å². The molecule has 1 aromatic heterocycles.